The van der Waals surface area contributed by atoms with E-state index in [1.807, 2.05) is 6.20 Å². The minimum Gasteiger partial charge on any atom is -0.355 e. The average molecular weight is 484 g/mol. The SMILES string of the molecule is Cl.Cl.N#Cc1ccnc(Nc2cc(C3CC3)cc(-c3ccc(N4CCCNCC4)nc3)n2)c1. The largest absolute Gasteiger partial charge is 0.355 e. The van der Waals surface area contributed by atoms with Crippen molar-refractivity contribution in [2.75, 3.05) is 36.4 Å². The summed E-state index contributed by atoms with van der Waals surface area (Å²) in [7, 11) is 0. The van der Waals surface area contributed by atoms with Crippen LogP contribution in [0.2, 0.25) is 0 Å². The number of rotatable bonds is 5. The van der Waals surface area contributed by atoms with E-state index >= 15 is 0 Å². The van der Waals surface area contributed by atoms with E-state index in [1.54, 1.807) is 18.3 Å². The number of aromatic nitrogens is 3. The molecular formula is C24H27Cl2N7. The van der Waals surface area contributed by atoms with Crippen LogP contribution in [0.25, 0.3) is 11.3 Å². The maximum atomic E-state index is 9.14. The van der Waals surface area contributed by atoms with Gasteiger partial charge in [-0.25, -0.2) is 15.0 Å². The third kappa shape index (κ3) is 6.11. The van der Waals surface area contributed by atoms with E-state index in [0.717, 1.165) is 55.5 Å². The molecule has 0 amide bonds. The summed E-state index contributed by atoms with van der Waals surface area (Å²) < 4.78 is 0. The Balaban J connectivity index is 0.00000153. The molecule has 7 nitrogen and oxygen atoms in total. The van der Waals surface area contributed by atoms with Crippen molar-refractivity contribution < 1.29 is 0 Å². The van der Waals surface area contributed by atoms with Crippen LogP contribution in [-0.4, -0.2) is 41.1 Å². The first-order chi connectivity index (χ1) is 15.3. The Hall–Kier alpha value is -2.92. The molecule has 0 bridgehead atoms. The zero-order valence-electron chi connectivity index (χ0n) is 18.2. The number of nitrogens with one attached hydrogen (secondary N) is 2. The highest BCUT2D eigenvalue weighted by Gasteiger charge is 2.25. The van der Waals surface area contributed by atoms with Crippen LogP contribution in [0.5, 0.6) is 0 Å². The van der Waals surface area contributed by atoms with E-state index in [9.17, 15) is 0 Å². The van der Waals surface area contributed by atoms with Crippen molar-refractivity contribution in [3.8, 4) is 17.3 Å². The molecule has 3 aromatic heterocycles. The normalized spacial score (nSPS) is 15.4. The lowest BCUT2D eigenvalue weighted by molar-refractivity contribution is 0.724. The Labute approximate surface area is 206 Å². The summed E-state index contributed by atoms with van der Waals surface area (Å²) >= 11 is 0. The number of hydrogen-bond donors (Lipinski definition) is 2. The van der Waals surface area contributed by atoms with Crippen LogP contribution >= 0.6 is 24.8 Å². The highest BCUT2D eigenvalue weighted by atomic mass is 35.5. The second-order valence-electron chi connectivity index (χ2n) is 8.11. The van der Waals surface area contributed by atoms with Crippen LogP contribution in [0.3, 0.4) is 0 Å². The third-order valence-electron chi connectivity index (χ3n) is 5.75. The van der Waals surface area contributed by atoms with E-state index in [0.29, 0.717) is 17.3 Å². The molecule has 1 aliphatic heterocycles. The molecule has 0 radical (unpaired) electrons. The van der Waals surface area contributed by atoms with Crippen molar-refractivity contribution in [3.63, 3.8) is 0 Å². The molecule has 33 heavy (non-hydrogen) atoms. The van der Waals surface area contributed by atoms with Crippen LogP contribution in [0.15, 0.2) is 48.8 Å². The monoisotopic (exact) mass is 483 g/mol. The van der Waals surface area contributed by atoms with Crippen molar-refractivity contribution in [3.05, 3.63) is 59.9 Å². The molecule has 172 valence electrons. The predicted octanol–water partition coefficient (Wildman–Crippen LogP) is 4.67. The van der Waals surface area contributed by atoms with Crippen molar-refractivity contribution in [2.45, 2.75) is 25.2 Å². The van der Waals surface area contributed by atoms with Gasteiger partial charge in [0.1, 0.15) is 17.5 Å². The molecule has 0 unspecified atom stereocenters. The maximum Gasteiger partial charge on any atom is 0.132 e. The molecule has 1 saturated heterocycles. The van der Waals surface area contributed by atoms with Crippen LogP contribution in [0.4, 0.5) is 17.5 Å². The number of nitrogens with zero attached hydrogens (tertiary/aromatic N) is 5. The second kappa shape index (κ2) is 11.3. The third-order valence-corrected chi connectivity index (χ3v) is 5.75. The maximum absolute atomic E-state index is 9.14. The summed E-state index contributed by atoms with van der Waals surface area (Å²) in [6.07, 6.45) is 7.11. The van der Waals surface area contributed by atoms with Crippen LogP contribution < -0.4 is 15.5 Å². The minimum absolute atomic E-state index is 0. The molecule has 5 rings (SSSR count). The lowest BCUT2D eigenvalue weighted by atomic mass is 10.1. The topological polar surface area (TPSA) is 89.8 Å². The van der Waals surface area contributed by atoms with Gasteiger partial charge in [0, 0.05) is 37.6 Å². The Morgan fingerprint density at radius 2 is 1.88 bits per heavy atom. The van der Waals surface area contributed by atoms with Crippen LogP contribution in [-0.2, 0) is 0 Å². The Morgan fingerprint density at radius 3 is 2.64 bits per heavy atom. The fraction of sp³-hybridized carbons (Fsp3) is 0.333. The highest BCUT2D eigenvalue weighted by Crippen LogP contribution is 2.42. The van der Waals surface area contributed by atoms with Gasteiger partial charge in [0.05, 0.1) is 17.3 Å². The number of hydrogen-bond acceptors (Lipinski definition) is 7. The molecule has 2 aliphatic rings. The molecule has 4 heterocycles. The Kier molecular flexibility index (Phi) is 8.45. The zero-order valence-corrected chi connectivity index (χ0v) is 19.8. The quantitative estimate of drug-likeness (QED) is 0.544. The number of nitriles is 1. The summed E-state index contributed by atoms with van der Waals surface area (Å²) in [5.74, 6) is 2.97. The van der Waals surface area contributed by atoms with E-state index in [-0.39, 0.29) is 24.8 Å². The lowest BCUT2D eigenvalue weighted by Gasteiger charge is -2.21. The van der Waals surface area contributed by atoms with Crippen molar-refractivity contribution in [1.82, 2.24) is 20.3 Å². The van der Waals surface area contributed by atoms with Crippen LogP contribution in [0.1, 0.15) is 36.3 Å². The van der Waals surface area contributed by atoms with Crippen molar-refractivity contribution in [2.24, 2.45) is 0 Å². The average Bonchev–Trinajstić information content (AvgIpc) is 3.67. The van der Waals surface area contributed by atoms with Gasteiger partial charge in [-0.3, -0.25) is 0 Å². The summed E-state index contributed by atoms with van der Waals surface area (Å²) in [5.41, 5.74) is 3.76. The summed E-state index contributed by atoms with van der Waals surface area (Å²) in [6, 6.07) is 14.0. The van der Waals surface area contributed by atoms with Gasteiger partial charge in [-0.2, -0.15) is 5.26 Å². The van der Waals surface area contributed by atoms with Gasteiger partial charge in [0.15, 0.2) is 0 Å². The van der Waals surface area contributed by atoms with Gasteiger partial charge < -0.3 is 15.5 Å². The highest BCUT2D eigenvalue weighted by molar-refractivity contribution is 5.85. The van der Waals surface area contributed by atoms with Gasteiger partial charge in [-0.05, 0) is 73.7 Å². The predicted molar refractivity (Wildman–Crippen MR) is 136 cm³/mol. The van der Waals surface area contributed by atoms with Crippen molar-refractivity contribution >= 4 is 42.3 Å². The van der Waals surface area contributed by atoms with Gasteiger partial charge in [0.25, 0.3) is 0 Å². The zero-order chi connectivity index (χ0) is 21.0. The summed E-state index contributed by atoms with van der Waals surface area (Å²) in [4.78, 5) is 16.2. The molecule has 1 aliphatic carbocycles. The number of anilines is 3. The molecule has 2 N–H and O–H groups in total. The molecular weight excluding hydrogens is 457 g/mol. The first-order valence-electron chi connectivity index (χ1n) is 10.9. The smallest absolute Gasteiger partial charge is 0.132 e. The van der Waals surface area contributed by atoms with Gasteiger partial charge >= 0.3 is 0 Å². The summed E-state index contributed by atoms with van der Waals surface area (Å²) in [6.45, 7) is 4.06. The van der Waals surface area contributed by atoms with Gasteiger partial charge in [-0.1, -0.05) is 0 Å². The molecule has 2 fully saturated rings. The lowest BCUT2D eigenvalue weighted by Crippen LogP contribution is -2.28. The second-order valence-corrected chi connectivity index (χ2v) is 8.11. The van der Waals surface area contributed by atoms with Gasteiger partial charge in [0.2, 0.25) is 0 Å². The standard InChI is InChI=1S/C24H25N7.2ClH/c25-15-17-6-8-27-22(12-17)30-23-14-20(18-2-3-18)13-21(29-23)19-4-5-24(28-16-19)31-10-1-7-26-9-11-31;;/h4-6,8,12-14,16,18,26H,1-3,7,9-11H2,(H,27,29,30);2*1H. The fourth-order valence-corrected chi connectivity index (χ4v) is 3.92. The Bertz CT molecular complexity index is 1100. The minimum atomic E-state index is 0. The molecule has 1 saturated carbocycles. The molecule has 9 heteroatoms. The number of halogens is 2. The number of pyridine rings is 3. The van der Waals surface area contributed by atoms with E-state index in [4.69, 9.17) is 15.2 Å². The first kappa shape index (κ1) is 24.7. The van der Waals surface area contributed by atoms with E-state index < -0.39 is 0 Å². The van der Waals surface area contributed by atoms with Crippen LogP contribution in [0, 0.1) is 11.3 Å². The molecule has 0 spiro atoms. The van der Waals surface area contributed by atoms with Crippen molar-refractivity contribution in [1.29, 1.82) is 5.26 Å². The molecule has 0 aromatic carbocycles. The Morgan fingerprint density at radius 1 is 1.00 bits per heavy atom. The molecule has 3 aromatic rings. The van der Waals surface area contributed by atoms with Gasteiger partial charge in [-0.15, -0.1) is 24.8 Å². The molecule has 0 atom stereocenters. The first-order valence-corrected chi connectivity index (χ1v) is 10.9. The fourth-order valence-electron chi connectivity index (χ4n) is 3.92. The summed E-state index contributed by atoms with van der Waals surface area (Å²) in [5, 5.41) is 15.8. The van der Waals surface area contributed by atoms with E-state index in [2.05, 4.69) is 50.9 Å². The van der Waals surface area contributed by atoms with E-state index in [1.165, 1.54) is 18.4 Å².